The second-order valence-electron chi connectivity index (χ2n) is 5.18. The minimum Gasteiger partial charge on any atom is -0.450 e. The smallest absolute Gasteiger partial charge is 0.409 e. The molecule has 0 spiro atoms. The molecular weight excluding hydrogens is 230 g/mol. The minimum atomic E-state index is -0.155. The summed E-state index contributed by atoms with van der Waals surface area (Å²) in [5.41, 5.74) is 0. The number of piperazine rings is 1. The van der Waals surface area contributed by atoms with Gasteiger partial charge in [0.2, 0.25) is 0 Å². The number of carbonyl (C=O) groups is 1. The van der Waals surface area contributed by atoms with E-state index in [0.717, 1.165) is 32.1 Å². The summed E-state index contributed by atoms with van der Waals surface area (Å²) in [6, 6.07) is 0. The van der Waals surface area contributed by atoms with Gasteiger partial charge in [-0.25, -0.2) is 4.79 Å². The number of nitrogens with zero attached hydrogens (tertiary/aromatic N) is 2. The lowest BCUT2D eigenvalue weighted by Crippen LogP contribution is -2.49. The van der Waals surface area contributed by atoms with Gasteiger partial charge in [-0.05, 0) is 45.3 Å². The van der Waals surface area contributed by atoms with Crippen LogP contribution in [0.4, 0.5) is 4.79 Å². The van der Waals surface area contributed by atoms with E-state index in [2.05, 4.69) is 10.2 Å². The summed E-state index contributed by atoms with van der Waals surface area (Å²) in [7, 11) is 0. The van der Waals surface area contributed by atoms with E-state index in [4.69, 9.17) is 4.74 Å². The Morgan fingerprint density at radius 3 is 2.72 bits per heavy atom. The van der Waals surface area contributed by atoms with Crippen molar-refractivity contribution >= 4 is 6.09 Å². The normalized spacial score (nSPS) is 25.4. The number of nitrogens with one attached hydrogen (secondary N) is 1. The average molecular weight is 255 g/mol. The number of ether oxygens (including phenoxy) is 1. The fraction of sp³-hybridized carbons (Fsp3) is 0.923. The van der Waals surface area contributed by atoms with Crippen molar-refractivity contribution in [2.24, 2.45) is 5.92 Å². The molecule has 2 saturated heterocycles. The number of amides is 1. The van der Waals surface area contributed by atoms with Crippen molar-refractivity contribution < 1.29 is 9.53 Å². The van der Waals surface area contributed by atoms with Gasteiger partial charge in [0.25, 0.3) is 0 Å². The van der Waals surface area contributed by atoms with Crippen LogP contribution in [0.5, 0.6) is 0 Å². The van der Waals surface area contributed by atoms with E-state index < -0.39 is 0 Å². The van der Waals surface area contributed by atoms with E-state index in [0.29, 0.717) is 6.61 Å². The number of rotatable bonds is 4. The first-order chi connectivity index (χ1) is 8.79. The molecule has 2 heterocycles. The molecule has 1 atom stereocenters. The summed E-state index contributed by atoms with van der Waals surface area (Å²) >= 11 is 0. The first kappa shape index (κ1) is 13.6. The standard InChI is InChI=1S/C13H25N3O2/c1-2-18-13(17)16-9-7-15(8-10-16)6-4-12-3-5-14-11-12/h12,14H,2-11H2,1H3. The van der Waals surface area contributed by atoms with Gasteiger partial charge in [0.1, 0.15) is 0 Å². The molecule has 0 aromatic heterocycles. The fourth-order valence-corrected chi connectivity index (χ4v) is 2.69. The molecule has 104 valence electrons. The molecule has 0 radical (unpaired) electrons. The van der Waals surface area contributed by atoms with Crippen LogP contribution in [0, 0.1) is 5.92 Å². The summed E-state index contributed by atoms with van der Waals surface area (Å²) in [6.45, 7) is 9.44. The van der Waals surface area contributed by atoms with Crippen molar-refractivity contribution in [1.82, 2.24) is 15.1 Å². The summed E-state index contributed by atoms with van der Waals surface area (Å²) in [6.07, 6.45) is 2.45. The molecule has 2 aliphatic heterocycles. The van der Waals surface area contributed by atoms with Crippen molar-refractivity contribution in [2.75, 3.05) is 52.4 Å². The highest BCUT2D eigenvalue weighted by atomic mass is 16.6. The molecule has 18 heavy (non-hydrogen) atoms. The molecule has 0 aromatic carbocycles. The Kier molecular flexibility index (Phi) is 5.26. The Bertz CT molecular complexity index is 259. The lowest BCUT2D eigenvalue weighted by molar-refractivity contribution is 0.0783. The van der Waals surface area contributed by atoms with E-state index in [-0.39, 0.29) is 6.09 Å². The summed E-state index contributed by atoms with van der Waals surface area (Å²) < 4.78 is 5.02. The molecule has 5 heteroatoms. The number of hydrogen-bond donors (Lipinski definition) is 1. The highest BCUT2D eigenvalue weighted by Gasteiger charge is 2.22. The highest BCUT2D eigenvalue weighted by Crippen LogP contribution is 2.13. The van der Waals surface area contributed by atoms with Crippen LogP contribution in [-0.4, -0.2) is 68.3 Å². The predicted octanol–water partition coefficient (Wildman–Crippen LogP) is 0.760. The third kappa shape index (κ3) is 3.85. The SMILES string of the molecule is CCOC(=O)N1CCN(CCC2CCNC2)CC1. The van der Waals surface area contributed by atoms with Crippen LogP contribution in [0.1, 0.15) is 19.8 Å². The van der Waals surface area contributed by atoms with Gasteiger partial charge in [-0.3, -0.25) is 4.90 Å². The number of carbonyl (C=O) groups excluding carboxylic acids is 1. The lowest BCUT2D eigenvalue weighted by atomic mass is 10.0. The van der Waals surface area contributed by atoms with Gasteiger partial charge in [-0.15, -0.1) is 0 Å². The second-order valence-corrected chi connectivity index (χ2v) is 5.18. The fourth-order valence-electron chi connectivity index (χ4n) is 2.69. The molecule has 5 nitrogen and oxygen atoms in total. The van der Waals surface area contributed by atoms with Gasteiger partial charge >= 0.3 is 6.09 Å². The van der Waals surface area contributed by atoms with Crippen molar-refractivity contribution in [1.29, 1.82) is 0 Å². The third-order valence-corrected chi connectivity index (χ3v) is 3.91. The quantitative estimate of drug-likeness (QED) is 0.805. The maximum atomic E-state index is 11.5. The van der Waals surface area contributed by atoms with E-state index >= 15 is 0 Å². The van der Waals surface area contributed by atoms with E-state index in [1.165, 1.54) is 32.5 Å². The van der Waals surface area contributed by atoms with Gasteiger partial charge in [0.05, 0.1) is 6.61 Å². The van der Waals surface area contributed by atoms with Crippen molar-refractivity contribution in [2.45, 2.75) is 19.8 Å². The summed E-state index contributed by atoms with van der Waals surface area (Å²) in [5, 5.41) is 3.41. The molecule has 1 N–H and O–H groups in total. The van der Waals surface area contributed by atoms with Crippen LogP contribution in [0.25, 0.3) is 0 Å². The average Bonchev–Trinajstić information content (AvgIpc) is 2.90. The van der Waals surface area contributed by atoms with Crippen LogP contribution in [0.2, 0.25) is 0 Å². The van der Waals surface area contributed by atoms with Crippen LogP contribution >= 0.6 is 0 Å². The first-order valence-electron chi connectivity index (χ1n) is 7.14. The molecule has 0 saturated carbocycles. The van der Waals surface area contributed by atoms with Crippen LogP contribution < -0.4 is 5.32 Å². The van der Waals surface area contributed by atoms with E-state index in [1.54, 1.807) is 0 Å². The Morgan fingerprint density at radius 1 is 1.33 bits per heavy atom. The Hall–Kier alpha value is -0.810. The van der Waals surface area contributed by atoms with Crippen LogP contribution in [-0.2, 0) is 4.74 Å². The Labute approximate surface area is 109 Å². The zero-order valence-corrected chi connectivity index (χ0v) is 11.4. The maximum Gasteiger partial charge on any atom is 0.409 e. The molecule has 2 rings (SSSR count). The van der Waals surface area contributed by atoms with Gasteiger partial charge < -0.3 is 15.0 Å². The van der Waals surface area contributed by atoms with Crippen molar-refractivity contribution in [3.8, 4) is 0 Å². The van der Waals surface area contributed by atoms with Gasteiger partial charge in [-0.1, -0.05) is 0 Å². The van der Waals surface area contributed by atoms with E-state index in [1.807, 2.05) is 11.8 Å². The molecular formula is C13H25N3O2. The molecule has 0 bridgehead atoms. The van der Waals surface area contributed by atoms with E-state index in [9.17, 15) is 4.79 Å². The van der Waals surface area contributed by atoms with Gasteiger partial charge in [0.15, 0.2) is 0 Å². The minimum absolute atomic E-state index is 0.155. The lowest BCUT2D eigenvalue weighted by Gasteiger charge is -2.34. The van der Waals surface area contributed by atoms with Gasteiger partial charge in [-0.2, -0.15) is 0 Å². The van der Waals surface area contributed by atoms with Gasteiger partial charge in [0, 0.05) is 26.2 Å². The predicted molar refractivity (Wildman–Crippen MR) is 70.6 cm³/mol. The Morgan fingerprint density at radius 2 is 2.11 bits per heavy atom. The third-order valence-electron chi connectivity index (χ3n) is 3.91. The molecule has 2 fully saturated rings. The van der Waals surface area contributed by atoms with Crippen molar-refractivity contribution in [3.63, 3.8) is 0 Å². The maximum absolute atomic E-state index is 11.5. The first-order valence-corrected chi connectivity index (χ1v) is 7.14. The van der Waals surface area contributed by atoms with Crippen LogP contribution in [0.3, 0.4) is 0 Å². The summed E-state index contributed by atoms with van der Waals surface area (Å²) in [5.74, 6) is 0.855. The summed E-state index contributed by atoms with van der Waals surface area (Å²) in [4.78, 5) is 15.8. The molecule has 1 amide bonds. The highest BCUT2D eigenvalue weighted by molar-refractivity contribution is 5.67. The molecule has 0 aromatic rings. The topological polar surface area (TPSA) is 44.8 Å². The Balaban J connectivity index is 1.62. The molecule has 0 aliphatic carbocycles. The van der Waals surface area contributed by atoms with Crippen molar-refractivity contribution in [3.05, 3.63) is 0 Å². The largest absolute Gasteiger partial charge is 0.450 e. The second kappa shape index (κ2) is 6.95. The zero-order chi connectivity index (χ0) is 12.8. The molecule has 2 aliphatic rings. The number of hydrogen-bond acceptors (Lipinski definition) is 4. The zero-order valence-electron chi connectivity index (χ0n) is 11.4. The monoisotopic (exact) mass is 255 g/mol. The molecule has 1 unspecified atom stereocenters. The van der Waals surface area contributed by atoms with Crippen LogP contribution in [0.15, 0.2) is 0 Å².